The van der Waals surface area contributed by atoms with Gasteiger partial charge in [-0.05, 0) is 36.2 Å². The van der Waals surface area contributed by atoms with E-state index in [0.29, 0.717) is 24.2 Å². The molecule has 2 aromatic carbocycles. The molecule has 24 heavy (non-hydrogen) atoms. The van der Waals surface area contributed by atoms with Crippen LogP contribution in [0.4, 0.5) is 0 Å². The predicted molar refractivity (Wildman–Crippen MR) is 97.0 cm³/mol. The standard InChI is InChI=1S/C19H19BrN2O2/c1-2-17(13-6-5-7-14(20)12-13)21-10-11-22-18(23)15-8-3-4-9-16(15)19(22)24/h3-9,12,17,21H,2,10-11H2,1H3. The number of carbonyl (C=O) groups excluding carboxylic acids is 2. The van der Waals surface area contributed by atoms with E-state index in [0.717, 1.165) is 10.9 Å². The van der Waals surface area contributed by atoms with Crippen LogP contribution in [-0.2, 0) is 0 Å². The molecule has 124 valence electrons. The van der Waals surface area contributed by atoms with Crippen molar-refractivity contribution in [3.05, 3.63) is 69.7 Å². The van der Waals surface area contributed by atoms with Crippen LogP contribution in [0.2, 0.25) is 0 Å². The second-order valence-corrected chi connectivity index (χ2v) is 6.69. The van der Waals surface area contributed by atoms with Gasteiger partial charge in [0, 0.05) is 23.6 Å². The molecule has 1 N–H and O–H groups in total. The summed E-state index contributed by atoms with van der Waals surface area (Å²) < 4.78 is 1.04. The number of benzene rings is 2. The summed E-state index contributed by atoms with van der Waals surface area (Å²) in [6.07, 6.45) is 0.929. The molecule has 1 aliphatic heterocycles. The minimum atomic E-state index is -0.201. The highest BCUT2D eigenvalue weighted by Crippen LogP contribution is 2.23. The average molecular weight is 387 g/mol. The normalized spacial score (nSPS) is 14.8. The summed E-state index contributed by atoms with van der Waals surface area (Å²) >= 11 is 3.49. The fourth-order valence-electron chi connectivity index (χ4n) is 3.01. The number of hydrogen-bond donors (Lipinski definition) is 1. The number of carbonyl (C=O) groups is 2. The number of fused-ring (bicyclic) bond motifs is 1. The Bertz CT molecular complexity index is 740. The molecule has 0 aliphatic carbocycles. The number of nitrogens with zero attached hydrogens (tertiary/aromatic N) is 1. The molecule has 2 aromatic rings. The van der Waals surface area contributed by atoms with Crippen LogP contribution in [0, 0.1) is 0 Å². The van der Waals surface area contributed by atoms with Crippen molar-refractivity contribution in [3.8, 4) is 0 Å². The Kier molecular flexibility index (Phi) is 5.11. The highest BCUT2D eigenvalue weighted by Gasteiger charge is 2.34. The molecule has 1 atom stereocenters. The molecular formula is C19H19BrN2O2. The lowest BCUT2D eigenvalue weighted by molar-refractivity contribution is 0.0654. The van der Waals surface area contributed by atoms with Gasteiger partial charge in [-0.1, -0.05) is 47.1 Å². The molecule has 2 amide bonds. The van der Waals surface area contributed by atoms with Crippen molar-refractivity contribution >= 4 is 27.7 Å². The maximum atomic E-state index is 12.3. The Morgan fingerprint density at radius 2 is 1.71 bits per heavy atom. The Morgan fingerprint density at radius 1 is 1.04 bits per heavy atom. The summed E-state index contributed by atoms with van der Waals surface area (Å²) in [6, 6.07) is 15.3. The van der Waals surface area contributed by atoms with Crippen molar-refractivity contribution in [1.29, 1.82) is 0 Å². The average Bonchev–Trinajstić information content (AvgIpc) is 2.84. The third kappa shape index (κ3) is 3.28. The minimum Gasteiger partial charge on any atom is -0.308 e. The van der Waals surface area contributed by atoms with E-state index in [1.54, 1.807) is 24.3 Å². The van der Waals surface area contributed by atoms with Gasteiger partial charge in [-0.25, -0.2) is 0 Å². The molecule has 0 spiro atoms. The van der Waals surface area contributed by atoms with E-state index in [-0.39, 0.29) is 17.9 Å². The van der Waals surface area contributed by atoms with Crippen LogP contribution in [0.25, 0.3) is 0 Å². The van der Waals surface area contributed by atoms with E-state index >= 15 is 0 Å². The molecule has 1 aliphatic rings. The molecule has 1 heterocycles. The minimum absolute atomic E-state index is 0.192. The number of hydrogen-bond acceptors (Lipinski definition) is 3. The van der Waals surface area contributed by atoms with Crippen LogP contribution in [0.5, 0.6) is 0 Å². The zero-order valence-corrected chi connectivity index (χ0v) is 15.0. The monoisotopic (exact) mass is 386 g/mol. The second-order valence-electron chi connectivity index (χ2n) is 5.78. The number of amides is 2. The van der Waals surface area contributed by atoms with Crippen LogP contribution in [-0.4, -0.2) is 29.8 Å². The van der Waals surface area contributed by atoms with E-state index in [9.17, 15) is 9.59 Å². The zero-order chi connectivity index (χ0) is 17.1. The third-order valence-electron chi connectivity index (χ3n) is 4.26. The van der Waals surface area contributed by atoms with Gasteiger partial charge in [0.15, 0.2) is 0 Å². The summed E-state index contributed by atoms with van der Waals surface area (Å²) in [5, 5.41) is 3.44. The van der Waals surface area contributed by atoms with Crippen LogP contribution in [0.3, 0.4) is 0 Å². The van der Waals surface area contributed by atoms with Gasteiger partial charge in [0.1, 0.15) is 0 Å². The van der Waals surface area contributed by atoms with Gasteiger partial charge in [0.2, 0.25) is 0 Å². The number of imide groups is 1. The Morgan fingerprint density at radius 3 is 2.29 bits per heavy atom. The third-order valence-corrected chi connectivity index (χ3v) is 4.76. The van der Waals surface area contributed by atoms with Crippen molar-refractivity contribution in [2.75, 3.05) is 13.1 Å². The quantitative estimate of drug-likeness (QED) is 0.768. The fraction of sp³-hybridized carbons (Fsp3) is 0.263. The van der Waals surface area contributed by atoms with E-state index in [1.807, 2.05) is 12.1 Å². The van der Waals surface area contributed by atoms with E-state index in [4.69, 9.17) is 0 Å². The zero-order valence-electron chi connectivity index (χ0n) is 13.5. The molecule has 3 rings (SSSR count). The number of halogens is 1. The fourth-order valence-corrected chi connectivity index (χ4v) is 3.43. The summed E-state index contributed by atoms with van der Waals surface area (Å²) in [7, 11) is 0. The molecule has 0 fully saturated rings. The molecule has 0 bridgehead atoms. The first kappa shape index (κ1) is 16.9. The van der Waals surface area contributed by atoms with Crippen molar-refractivity contribution in [3.63, 3.8) is 0 Å². The maximum absolute atomic E-state index is 12.3. The van der Waals surface area contributed by atoms with E-state index < -0.39 is 0 Å². The molecule has 0 radical (unpaired) electrons. The lowest BCUT2D eigenvalue weighted by atomic mass is 10.0. The van der Waals surface area contributed by atoms with Crippen LogP contribution < -0.4 is 5.32 Å². The number of rotatable bonds is 6. The molecular weight excluding hydrogens is 368 g/mol. The SMILES string of the molecule is CCC(NCCN1C(=O)c2ccccc2C1=O)c1cccc(Br)c1. The molecule has 1 unspecified atom stereocenters. The highest BCUT2D eigenvalue weighted by molar-refractivity contribution is 9.10. The van der Waals surface area contributed by atoms with Gasteiger partial charge in [-0.3, -0.25) is 14.5 Å². The summed E-state index contributed by atoms with van der Waals surface area (Å²) in [5.74, 6) is -0.402. The molecule has 5 heteroatoms. The van der Waals surface area contributed by atoms with Gasteiger partial charge in [0.25, 0.3) is 11.8 Å². The lowest BCUT2D eigenvalue weighted by Crippen LogP contribution is -2.37. The summed E-state index contributed by atoms with van der Waals surface area (Å²) in [4.78, 5) is 26.0. The lowest BCUT2D eigenvalue weighted by Gasteiger charge is -2.20. The summed E-state index contributed by atoms with van der Waals surface area (Å²) in [6.45, 7) is 3.05. The van der Waals surface area contributed by atoms with Crippen LogP contribution in [0.15, 0.2) is 53.0 Å². The first-order chi connectivity index (χ1) is 11.6. The van der Waals surface area contributed by atoms with E-state index in [1.165, 1.54) is 10.5 Å². The summed E-state index contributed by atoms with van der Waals surface area (Å²) in [5.41, 5.74) is 2.19. The largest absolute Gasteiger partial charge is 0.308 e. The topological polar surface area (TPSA) is 49.4 Å². The second kappa shape index (κ2) is 7.28. The van der Waals surface area contributed by atoms with Crippen LogP contribution in [0.1, 0.15) is 45.7 Å². The van der Waals surface area contributed by atoms with Gasteiger partial charge in [0.05, 0.1) is 11.1 Å². The number of nitrogens with one attached hydrogen (secondary N) is 1. The van der Waals surface area contributed by atoms with Gasteiger partial charge < -0.3 is 5.32 Å². The Labute approximate surface area is 150 Å². The smallest absolute Gasteiger partial charge is 0.261 e. The van der Waals surface area contributed by atoms with E-state index in [2.05, 4.69) is 40.3 Å². The molecule has 4 nitrogen and oxygen atoms in total. The molecule has 0 aromatic heterocycles. The van der Waals surface area contributed by atoms with Crippen molar-refractivity contribution in [2.24, 2.45) is 0 Å². The van der Waals surface area contributed by atoms with Crippen molar-refractivity contribution < 1.29 is 9.59 Å². The van der Waals surface area contributed by atoms with Gasteiger partial charge in [-0.2, -0.15) is 0 Å². The molecule has 0 saturated carbocycles. The van der Waals surface area contributed by atoms with Gasteiger partial charge >= 0.3 is 0 Å². The highest BCUT2D eigenvalue weighted by atomic mass is 79.9. The molecule has 0 saturated heterocycles. The first-order valence-corrected chi connectivity index (χ1v) is 8.85. The maximum Gasteiger partial charge on any atom is 0.261 e. The first-order valence-electron chi connectivity index (χ1n) is 8.06. The Balaban J connectivity index is 1.62. The van der Waals surface area contributed by atoms with Crippen molar-refractivity contribution in [2.45, 2.75) is 19.4 Å². The Hall–Kier alpha value is -1.98. The predicted octanol–water partition coefficient (Wildman–Crippen LogP) is 3.79. The van der Waals surface area contributed by atoms with Gasteiger partial charge in [-0.15, -0.1) is 0 Å². The van der Waals surface area contributed by atoms with Crippen molar-refractivity contribution in [1.82, 2.24) is 10.2 Å². The van der Waals surface area contributed by atoms with Crippen LogP contribution >= 0.6 is 15.9 Å².